The van der Waals surface area contributed by atoms with Gasteiger partial charge in [-0.3, -0.25) is 4.79 Å². The lowest BCUT2D eigenvalue weighted by Crippen LogP contribution is -2.21. The van der Waals surface area contributed by atoms with E-state index in [-0.39, 0.29) is 34.2 Å². The molecule has 0 radical (unpaired) electrons. The summed E-state index contributed by atoms with van der Waals surface area (Å²) in [5.41, 5.74) is 3.23. The van der Waals surface area contributed by atoms with Crippen molar-refractivity contribution in [3.05, 3.63) is 101 Å². The normalized spacial score (nSPS) is 13.6. The Morgan fingerprint density at radius 2 is 1.32 bits per heavy atom. The number of hydrogen-bond acceptors (Lipinski definition) is 5. The number of ether oxygens (including phenoxy) is 1. The fourth-order valence-electron chi connectivity index (χ4n) is 4.26. The molecule has 0 aliphatic rings. The van der Waals surface area contributed by atoms with Gasteiger partial charge in [-0.2, -0.15) is 8.42 Å². The van der Waals surface area contributed by atoms with Crippen LogP contribution in [0.4, 0.5) is 0 Å². The zero-order valence-corrected chi connectivity index (χ0v) is 25.7. The number of rotatable bonds is 11. The van der Waals surface area contributed by atoms with Crippen LogP contribution in [-0.4, -0.2) is 31.0 Å². The van der Waals surface area contributed by atoms with Crippen molar-refractivity contribution in [2.75, 3.05) is 12.4 Å². The van der Waals surface area contributed by atoms with Crippen LogP contribution in [0.1, 0.15) is 81.5 Å². The monoisotopic (exact) mass is 581 g/mol. The summed E-state index contributed by atoms with van der Waals surface area (Å²) < 4.78 is 51.7. The SMILES string of the molecule is CC(C)c1cc(C(C)C)c(S(=O)(=O)N=S(=O)(CC(=O)OC/C=C/c2ccccc2)c2ccccc2)c(C(C)C)c1. The molecule has 0 spiro atoms. The molecule has 3 rings (SSSR count). The summed E-state index contributed by atoms with van der Waals surface area (Å²) in [4.78, 5) is 13.1. The third-order valence-corrected chi connectivity index (χ3v) is 10.8. The molecule has 0 aliphatic heterocycles. The summed E-state index contributed by atoms with van der Waals surface area (Å²) in [6.45, 7) is 11.8. The minimum absolute atomic E-state index is 0.0452. The molecule has 40 heavy (non-hydrogen) atoms. The van der Waals surface area contributed by atoms with Gasteiger partial charge in [0, 0.05) is 4.90 Å². The molecule has 1 atom stereocenters. The lowest BCUT2D eigenvalue weighted by molar-refractivity contribution is -0.139. The Labute approximate surface area is 239 Å². The maximum Gasteiger partial charge on any atom is 0.320 e. The van der Waals surface area contributed by atoms with Crippen LogP contribution in [-0.2, 0) is 29.3 Å². The highest BCUT2D eigenvalue weighted by Crippen LogP contribution is 2.37. The smallest absolute Gasteiger partial charge is 0.320 e. The summed E-state index contributed by atoms with van der Waals surface area (Å²) in [5, 5.41) is 0. The lowest BCUT2D eigenvalue weighted by Gasteiger charge is -2.22. The van der Waals surface area contributed by atoms with Crippen molar-refractivity contribution < 1.29 is 22.2 Å². The van der Waals surface area contributed by atoms with Gasteiger partial charge in [-0.25, -0.2) is 4.21 Å². The van der Waals surface area contributed by atoms with Crippen molar-refractivity contribution in [2.24, 2.45) is 3.77 Å². The van der Waals surface area contributed by atoms with Gasteiger partial charge in [0.25, 0.3) is 10.0 Å². The van der Waals surface area contributed by atoms with E-state index in [9.17, 15) is 17.4 Å². The standard InChI is InChI=1S/C32H39NO5S2/c1-23(2)27-20-29(24(3)4)32(30(21-27)25(5)6)40(36,37)33-39(35,28-17-11-8-12-18-28)22-31(34)38-19-13-16-26-14-9-7-10-15-26/h7-18,20-21,23-25H,19,22H2,1-6H3/b16-13+. The largest absolute Gasteiger partial charge is 0.461 e. The molecule has 8 heteroatoms. The number of nitrogens with zero attached hydrogens (tertiary/aromatic N) is 1. The van der Waals surface area contributed by atoms with E-state index in [1.807, 2.05) is 70.2 Å². The van der Waals surface area contributed by atoms with Crippen molar-refractivity contribution in [3.63, 3.8) is 0 Å². The van der Waals surface area contributed by atoms with Crippen molar-refractivity contribution in [3.8, 4) is 0 Å². The van der Waals surface area contributed by atoms with E-state index in [0.717, 1.165) is 11.1 Å². The molecule has 214 valence electrons. The van der Waals surface area contributed by atoms with Crippen LogP contribution in [0.3, 0.4) is 0 Å². The number of benzene rings is 3. The molecule has 3 aromatic carbocycles. The molecule has 6 nitrogen and oxygen atoms in total. The van der Waals surface area contributed by atoms with Crippen molar-refractivity contribution in [2.45, 2.75) is 69.1 Å². The predicted molar refractivity (Wildman–Crippen MR) is 162 cm³/mol. The zero-order chi connectivity index (χ0) is 29.5. The maximum atomic E-state index is 14.3. The predicted octanol–water partition coefficient (Wildman–Crippen LogP) is 7.53. The van der Waals surface area contributed by atoms with Crippen LogP contribution < -0.4 is 0 Å². The first-order chi connectivity index (χ1) is 18.8. The first kappa shape index (κ1) is 31.3. The molecule has 0 bridgehead atoms. The molecule has 0 amide bonds. The molecule has 0 fully saturated rings. The van der Waals surface area contributed by atoms with Gasteiger partial charge in [0.15, 0.2) is 0 Å². The Morgan fingerprint density at radius 1 is 0.800 bits per heavy atom. The van der Waals surface area contributed by atoms with E-state index in [2.05, 4.69) is 17.6 Å². The van der Waals surface area contributed by atoms with Gasteiger partial charge in [0.2, 0.25) is 0 Å². The van der Waals surface area contributed by atoms with Gasteiger partial charge in [-0.05, 0) is 58.2 Å². The second kappa shape index (κ2) is 13.4. The van der Waals surface area contributed by atoms with E-state index in [1.165, 1.54) is 12.1 Å². The Morgan fingerprint density at radius 3 is 1.82 bits per heavy atom. The van der Waals surface area contributed by atoms with Gasteiger partial charge in [0.05, 0.1) is 4.90 Å². The molecule has 0 aliphatic carbocycles. The van der Waals surface area contributed by atoms with Gasteiger partial charge in [-0.1, -0.05) is 108 Å². The number of hydrogen-bond donors (Lipinski definition) is 0. The number of sulfonamides is 1. The Balaban J connectivity index is 2.07. The van der Waals surface area contributed by atoms with Crippen LogP contribution >= 0.6 is 0 Å². The van der Waals surface area contributed by atoms with E-state index in [4.69, 9.17) is 4.74 Å². The van der Waals surface area contributed by atoms with E-state index in [0.29, 0.717) is 11.1 Å². The van der Waals surface area contributed by atoms with Crippen molar-refractivity contribution in [1.82, 2.24) is 0 Å². The molecule has 0 aromatic heterocycles. The third-order valence-electron chi connectivity index (χ3n) is 6.43. The van der Waals surface area contributed by atoms with Crippen LogP contribution in [0.5, 0.6) is 0 Å². The lowest BCUT2D eigenvalue weighted by atomic mass is 9.89. The average molecular weight is 582 g/mol. The van der Waals surface area contributed by atoms with E-state index in [1.54, 1.807) is 30.4 Å². The minimum atomic E-state index is -4.44. The second-order valence-corrected chi connectivity index (χ2v) is 14.6. The van der Waals surface area contributed by atoms with Crippen LogP contribution in [0, 0.1) is 0 Å². The fraction of sp³-hybridized carbons (Fsp3) is 0.344. The summed E-state index contributed by atoms with van der Waals surface area (Å²) in [6.07, 6.45) is 3.48. The van der Waals surface area contributed by atoms with Gasteiger partial charge in [-0.15, -0.1) is 3.77 Å². The minimum Gasteiger partial charge on any atom is -0.461 e. The Kier molecular flexibility index (Phi) is 10.5. The maximum absolute atomic E-state index is 14.3. The summed E-state index contributed by atoms with van der Waals surface area (Å²) >= 11 is 0. The first-order valence-corrected chi connectivity index (χ1v) is 16.6. The number of carbonyl (C=O) groups is 1. The molecular formula is C32H39NO5S2. The molecule has 0 saturated heterocycles. The molecule has 3 aromatic rings. The Hall–Kier alpha value is -3.23. The zero-order valence-electron chi connectivity index (χ0n) is 24.0. The average Bonchev–Trinajstić information content (AvgIpc) is 2.91. The molecule has 0 N–H and O–H groups in total. The topological polar surface area (TPSA) is 89.9 Å². The highest BCUT2D eigenvalue weighted by molar-refractivity contribution is 8.03. The van der Waals surface area contributed by atoms with Crippen molar-refractivity contribution >= 4 is 31.8 Å². The van der Waals surface area contributed by atoms with Gasteiger partial charge < -0.3 is 4.74 Å². The molecular weight excluding hydrogens is 542 g/mol. The molecule has 1 unspecified atom stereocenters. The highest BCUT2D eigenvalue weighted by atomic mass is 32.3. The van der Waals surface area contributed by atoms with Crippen LogP contribution in [0.15, 0.2) is 92.4 Å². The Bertz CT molecular complexity index is 1540. The number of esters is 1. The summed E-state index contributed by atoms with van der Waals surface area (Å²) in [6, 6.07) is 21.4. The second-order valence-electron chi connectivity index (χ2n) is 10.6. The molecule has 0 saturated carbocycles. The number of carbonyl (C=O) groups excluding carboxylic acids is 1. The van der Waals surface area contributed by atoms with E-state index < -0.39 is 31.5 Å². The first-order valence-electron chi connectivity index (χ1n) is 13.4. The van der Waals surface area contributed by atoms with E-state index >= 15 is 0 Å². The quantitative estimate of drug-likeness (QED) is 0.218. The highest BCUT2D eigenvalue weighted by Gasteiger charge is 2.30. The van der Waals surface area contributed by atoms with Gasteiger partial charge >= 0.3 is 5.97 Å². The van der Waals surface area contributed by atoms with Crippen LogP contribution in [0.25, 0.3) is 6.08 Å². The fourth-order valence-corrected chi connectivity index (χ4v) is 8.72. The molecule has 0 heterocycles. The van der Waals surface area contributed by atoms with Gasteiger partial charge in [0.1, 0.15) is 22.1 Å². The van der Waals surface area contributed by atoms with Crippen LogP contribution in [0.2, 0.25) is 0 Å². The third kappa shape index (κ3) is 7.92. The summed E-state index contributed by atoms with van der Waals surface area (Å²) in [7, 11) is -8.17. The summed E-state index contributed by atoms with van der Waals surface area (Å²) in [5.74, 6) is -1.53. The van der Waals surface area contributed by atoms with Crippen molar-refractivity contribution in [1.29, 1.82) is 0 Å².